The van der Waals surface area contributed by atoms with Gasteiger partial charge in [-0.15, -0.1) is 11.3 Å². The Labute approximate surface area is 89.6 Å². The van der Waals surface area contributed by atoms with E-state index < -0.39 is 11.6 Å². The molecule has 1 N–H and O–H groups in total. The van der Waals surface area contributed by atoms with Crippen LogP contribution in [0.2, 0.25) is 0 Å². The van der Waals surface area contributed by atoms with Crippen molar-refractivity contribution in [3.63, 3.8) is 0 Å². The molecular formula is C10H8F2N2S. The molecule has 0 saturated heterocycles. The molecule has 78 valence electrons. The first-order chi connectivity index (χ1) is 7.25. The molecule has 0 spiro atoms. The third-order valence-corrected chi connectivity index (χ3v) is 2.51. The number of halogens is 2. The zero-order valence-corrected chi connectivity index (χ0v) is 8.52. The zero-order valence-electron chi connectivity index (χ0n) is 7.71. The van der Waals surface area contributed by atoms with Gasteiger partial charge in [0.15, 0.2) is 0 Å². The number of rotatable bonds is 3. The molecule has 5 heteroatoms. The monoisotopic (exact) mass is 226 g/mol. The van der Waals surface area contributed by atoms with Crippen molar-refractivity contribution in [3.8, 4) is 0 Å². The van der Waals surface area contributed by atoms with E-state index in [2.05, 4.69) is 10.3 Å². The van der Waals surface area contributed by atoms with Crippen LogP contribution >= 0.6 is 11.3 Å². The number of hydrogen-bond acceptors (Lipinski definition) is 3. The Balaban J connectivity index is 2.05. The average molecular weight is 226 g/mol. The highest BCUT2D eigenvalue weighted by atomic mass is 32.1. The Morgan fingerprint density at radius 3 is 2.87 bits per heavy atom. The van der Waals surface area contributed by atoms with Crippen molar-refractivity contribution in [3.05, 3.63) is 46.4 Å². The molecule has 2 nitrogen and oxygen atoms in total. The van der Waals surface area contributed by atoms with E-state index in [0.717, 1.165) is 11.8 Å². The Kier molecular flexibility index (Phi) is 2.91. The number of anilines is 1. The van der Waals surface area contributed by atoms with E-state index in [1.165, 1.54) is 23.5 Å². The normalized spacial score (nSPS) is 10.3. The lowest BCUT2D eigenvalue weighted by molar-refractivity contribution is 0.585. The van der Waals surface area contributed by atoms with Gasteiger partial charge in [0.1, 0.15) is 11.6 Å². The van der Waals surface area contributed by atoms with Gasteiger partial charge in [-0.25, -0.2) is 13.8 Å². The molecule has 0 bridgehead atoms. The SMILES string of the molecule is Fc1ccc(NCc2cscn2)c(F)c1. The van der Waals surface area contributed by atoms with E-state index in [0.29, 0.717) is 6.54 Å². The van der Waals surface area contributed by atoms with E-state index >= 15 is 0 Å². The van der Waals surface area contributed by atoms with Crippen molar-refractivity contribution in [1.82, 2.24) is 4.98 Å². The molecule has 0 atom stereocenters. The number of nitrogens with zero attached hydrogens (tertiary/aromatic N) is 1. The standard InChI is InChI=1S/C10H8F2N2S/c11-7-1-2-10(9(12)3-7)13-4-8-5-15-6-14-8/h1-3,5-6,13H,4H2. The fraction of sp³-hybridized carbons (Fsp3) is 0.100. The maximum atomic E-state index is 13.2. The highest BCUT2D eigenvalue weighted by Crippen LogP contribution is 2.15. The number of nitrogens with one attached hydrogen (secondary N) is 1. The summed E-state index contributed by atoms with van der Waals surface area (Å²) in [6.45, 7) is 0.437. The topological polar surface area (TPSA) is 24.9 Å². The second kappa shape index (κ2) is 4.35. The van der Waals surface area contributed by atoms with E-state index in [9.17, 15) is 8.78 Å². The fourth-order valence-corrected chi connectivity index (χ4v) is 1.70. The predicted octanol–water partition coefficient (Wildman–Crippen LogP) is 3.03. The molecule has 1 aromatic carbocycles. The fourth-order valence-electron chi connectivity index (χ4n) is 1.14. The van der Waals surface area contributed by atoms with Gasteiger partial charge in [-0.3, -0.25) is 0 Å². The average Bonchev–Trinajstić information content (AvgIpc) is 2.69. The van der Waals surface area contributed by atoms with Crippen molar-refractivity contribution >= 4 is 17.0 Å². The third kappa shape index (κ3) is 2.50. The van der Waals surface area contributed by atoms with Gasteiger partial charge in [-0.2, -0.15) is 0 Å². The molecule has 0 aliphatic rings. The molecule has 0 amide bonds. The van der Waals surface area contributed by atoms with Gasteiger partial charge in [0, 0.05) is 11.4 Å². The van der Waals surface area contributed by atoms with Gasteiger partial charge >= 0.3 is 0 Å². The lowest BCUT2D eigenvalue weighted by Crippen LogP contribution is -2.01. The molecule has 0 unspecified atom stereocenters. The zero-order chi connectivity index (χ0) is 10.7. The molecule has 0 radical (unpaired) electrons. The number of benzene rings is 1. The molecular weight excluding hydrogens is 218 g/mol. The van der Waals surface area contributed by atoms with E-state index in [1.54, 1.807) is 5.51 Å². The summed E-state index contributed by atoms with van der Waals surface area (Å²) in [5.41, 5.74) is 2.83. The maximum Gasteiger partial charge on any atom is 0.149 e. The highest BCUT2D eigenvalue weighted by molar-refractivity contribution is 7.07. The number of aromatic nitrogens is 1. The van der Waals surface area contributed by atoms with Gasteiger partial charge in [0.25, 0.3) is 0 Å². The Hall–Kier alpha value is -1.49. The molecule has 2 aromatic rings. The second-order valence-corrected chi connectivity index (χ2v) is 3.68. The molecule has 0 aliphatic heterocycles. The highest BCUT2D eigenvalue weighted by Gasteiger charge is 2.03. The van der Waals surface area contributed by atoms with Crippen LogP contribution in [0.5, 0.6) is 0 Å². The molecule has 0 aliphatic carbocycles. The van der Waals surface area contributed by atoms with Crippen LogP contribution in [0.25, 0.3) is 0 Å². The minimum absolute atomic E-state index is 0.282. The first kappa shape index (κ1) is 10.0. The summed E-state index contributed by atoms with van der Waals surface area (Å²) in [5, 5.41) is 4.71. The number of thiazole rings is 1. The van der Waals surface area contributed by atoms with Crippen molar-refractivity contribution in [1.29, 1.82) is 0 Å². The lowest BCUT2D eigenvalue weighted by atomic mass is 10.3. The van der Waals surface area contributed by atoms with Crippen LogP contribution in [0.3, 0.4) is 0 Å². The van der Waals surface area contributed by atoms with Crippen molar-refractivity contribution in [2.75, 3.05) is 5.32 Å². The van der Waals surface area contributed by atoms with E-state index in [4.69, 9.17) is 0 Å². The van der Waals surface area contributed by atoms with Gasteiger partial charge in [-0.1, -0.05) is 0 Å². The van der Waals surface area contributed by atoms with Crippen molar-refractivity contribution in [2.24, 2.45) is 0 Å². The van der Waals surface area contributed by atoms with Gasteiger partial charge in [0.2, 0.25) is 0 Å². The molecule has 15 heavy (non-hydrogen) atoms. The Morgan fingerprint density at radius 2 is 2.20 bits per heavy atom. The largest absolute Gasteiger partial charge is 0.377 e. The van der Waals surface area contributed by atoms with Gasteiger partial charge < -0.3 is 5.32 Å². The van der Waals surface area contributed by atoms with Gasteiger partial charge in [-0.05, 0) is 12.1 Å². The van der Waals surface area contributed by atoms with Crippen LogP contribution in [-0.2, 0) is 6.54 Å². The summed E-state index contributed by atoms with van der Waals surface area (Å²) in [6.07, 6.45) is 0. The van der Waals surface area contributed by atoms with Crippen LogP contribution in [0.4, 0.5) is 14.5 Å². The second-order valence-electron chi connectivity index (χ2n) is 2.96. The summed E-state index contributed by atoms with van der Waals surface area (Å²) >= 11 is 1.48. The predicted molar refractivity (Wildman–Crippen MR) is 55.8 cm³/mol. The number of hydrogen-bond donors (Lipinski definition) is 1. The maximum absolute atomic E-state index is 13.2. The van der Waals surface area contributed by atoms with Crippen molar-refractivity contribution < 1.29 is 8.78 Å². The summed E-state index contributed by atoms with van der Waals surface area (Å²) < 4.78 is 25.7. The minimum atomic E-state index is -0.592. The Bertz CT molecular complexity index is 443. The molecule has 2 rings (SSSR count). The summed E-state index contributed by atoms with van der Waals surface area (Å²) in [6, 6.07) is 3.44. The quantitative estimate of drug-likeness (QED) is 0.870. The van der Waals surface area contributed by atoms with Crippen LogP contribution < -0.4 is 5.32 Å². The first-order valence-corrected chi connectivity index (χ1v) is 5.26. The van der Waals surface area contributed by atoms with Crippen molar-refractivity contribution in [2.45, 2.75) is 6.54 Å². The Morgan fingerprint density at radius 1 is 1.33 bits per heavy atom. The van der Waals surface area contributed by atoms with Crippen LogP contribution in [0, 0.1) is 11.6 Å². The lowest BCUT2D eigenvalue weighted by Gasteiger charge is -2.05. The summed E-state index contributed by atoms with van der Waals surface area (Å²) in [4.78, 5) is 4.04. The smallest absolute Gasteiger partial charge is 0.149 e. The van der Waals surface area contributed by atoms with E-state index in [1.807, 2.05) is 5.38 Å². The van der Waals surface area contributed by atoms with Crippen LogP contribution in [-0.4, -0.2) is 4.98 Å². The summed E-state index contributed by atoms with van der Waals surface area (Å²) in [5.74, 6) is -1.17. The van der Waals surface area contributed by atoms with Crippen LogP contribution in [0.15, 0.2) is 29.1 Å². The summed E-state index contributed by atoms with van der Waals surface area (Å²) in [7, 11) is 0. The van der Waals surface area contributed by atoms with E-state index in [-0.39, 0.29) is 5.69 Å². The molecule has 1 heterocycles. The minimum Gasteiger partial charge on any atom is -0.377 e. The molecule has 0 saturated carbocycles. The van der Waals surface area contributed by atoms with Crippen LogP contribution in [0.1, 0.15) is 5.69 Å². The first-order valence-electron chi connectivity index (χ1n) is 4.31. The molecule has 1 aromatic heterocycles. The van der Waals surface area contributed by atoms with Gasteiger partial charge in [0.05, 0.1) is 23.4 Å². The molecule has 0 fully saturated rings. The third-order valence-electron chi connectivity index (χ3n) is 1.87.